The fourth-order valence-corrected chi connectivity index (χ4v) is 2.42. The van der Waals surface area contributed by atoms with E-state index in [1.807, 2.05) is 20.8 Å². The highest BCUT2D eigenvalue weighted by molar-refractivity contribution is 5.59. The molecule has 0 aromatic heterocycles. The van der Waals surface area contributed by atoms with E-state index in [0.29, 0.717) is 6.61 Å². The van der Waals surface area contributed by atoms with Gasteiger partial charge in [-0.15, -0.1) is 0 Å². The first-order valence-electron chi connectivity index (χ1n) is 7.17. The monoisotopic (exact) mass is 294 g/mol. The molecule has 0 radical (unpaired) electrons. The molecule has 2 unspecified atom stereocenters. The van der Waals surface area contributed by atoms with Crippen molar-refractivity contribution in [1.29, 1.82) is 0 Å². The zero-order valence-corrected chi connectivity index (χ0v) is 12.9. The molecule has 0 bridgehead atoms. The predicted octanol–water partition coefficient (Wildman–Crippen LogP) is 3.36. The first-order chi connectivity index (χ1) is 9.82. The molecule has 21 heavy (non-hydrogen) atoms. The topological polar surface area (TPSA) is 73.6 Å². The Morgan fingerprint density at radius 3 is 2.76 bits per heavy atom. The Bertz CT molecular complexity index is 532. The summed E-state index contributed by atoms with van der Waals surface area (Å²) >= 11 is 0. The normalized spacial score (nSPS) is 25.1. The average molecular weight is 294 g/mol. The van der Waals surface area contributed by atoms with E-state index in [-0.39, 0.29) is 29.2 Å². The van der Waals surface area contributed by atoms with E-state index >= 15 is 0 Å². The average Bonchev–Trinajstić information content (AvgIpc) is 2.68. The van der Waals surface area contributed by atoms with Gasteiger partial charge in [0.25, 0.3) is 0 Å². The number of nitro groups is 1. The number of nitrogens with one attached hydrogen (secondary N) is 1. The smallest absolute Gasteiger partial charge is 0.311 e. The zero-order chi connectivity index (χ0) is 15.6. The van der Waals surface area contributed by atoms with Gasteiger partial charge in [-0.2, -0.15) is 0 Å². The summed E-state index contributed by atoms with van der Waals surface area (Å²) in [4.78, 5) is 10.6. The number of anilines is 1. The van der Waals surface area contributed by atoms with Gasteiger partial charge < -0.3 is 14.8 Å². The predicted molar refractivity (Wildman–Crippen MR) is 80.9 cm³/mol. The van der Waals surface area contributed by atoms with E-state index in [4.69, 9.17) is 9.47 Å². The van der Waals surface area contributed by atoms with Crippen LogP contribution in [0.3, 0.4) is 0 Å². The molecule has 6 heteroatoms. The molecule has 1 heterocycles. The van der Waals surface area contributed by atoms with Gasteiger partial charge in [0.2, 0.25) is 0 Å². The molecule has 1 saturated heterocycles. The van der Waals surface area contributed by atoms with Crippen LogP contribution in [0.4, 0.5) is 11.4 Å². The second kappa shape index (κ2) is 5.89. The molecule has 2 atom stereocenters. The standard InChI is InChI=1S/C15H22N2O4/c1-10(2)21-14-9-12(5-6-13(14)17(18)19)16-15(4)7-8-20-11(15)3/h5-6,9-11,16H,7-8H2,1-4H3. The molecule has 1 aliphatic rings. The van der Waals surface area contributed by atoms with Crippen LogP contribution in [0.5, 0.6) is 5.75 Å². The number of benzene rings is 1. The maximum atomic E-state index is 11.1. The lowest BCUT2D eigenvalue weighted by Gasteiger charge is -2.30. The van der Waals surface area contributed by atoms with Crippen molar-refractivity contribution >= 4 is 11.4 Å². The Hall–Kier alpha value is -1.82. The maximum absolute atomic E-state index is 11.1. The fraction of sp³-hybridized carbons (Fsp3) is 0.600. The van der Waals surface area contributed by atoms with Gasteiger partial charge >= 0.3 is 5.69 Å². The molecule has 0 saturated carbocycles. The van der Waals surface area contributed by atoms with Crippen LogP contribution < -0.4 is 10.1 Å². The van der Waals surface area contributed by atoms with E-state index in [1.54, 1.807) is 12.1 Å². The SMILES string of the molecule is CC(C)Oc1cc(NC2(C)CCOC2C)ccc1[N+](=O)[O-]. The summed E-state index contributed by atoms with van der Waals surface area (Å²) in [5.41, 5.74) is 0.608. The Morgan fingerprint density at radius 1 is 1.52 bits per heavy atom. The van der Waals surface area contributed by atoms with Gasteiger partial charge in [-0.05, 0) is 40.2 Å². The second-order valence-electron chi connectivity index (χ2n) is 5.91. The molecule has 1 fully saturated rings. The fourth-order valence-electron chi connectivity index (χ4n) is 2.42. The van der Waals surface area contributed by atoms with Crippen molar-refractivity contribution in [2.24, 2.45) is 0 Å². The summed E-state index contributed by atoms with van der Waals surface area (Å²) in [6, 6.07) is 4.87. The number of hydrogen-bond donors (Lipinski definition) is 1. The van der Waals surface area contributed by atoms with Gasteiger partial charge in [0.05, 0.1) is 22.7 Å². The minimum atomic E-state index is -0.426. The molecule has 1 aromatic carbocycles. The Morgan fingerprint density at radius 2 is 2.24 bits per heavy atom. The van der Waals surface area contributed by atoms with Crippen molar-refractivity contribution in [3.05, 3.63) is 28.3 Å². The van der Waals surface area contributed by atoms with Crippen LogP contribution in [0.1, 0.15) is 34.1 Å². The van der Waals surface area contributed by atoms with Crippen molar-refractivity contribution in [1.82, 2.24) is 0 Å². The molecule has 1 aromatic rings. The molecular formula is C15H22N2O4. The quantitative estimate of drug-likeness (QED) is 0.666. The second-order valence-corrected chi connectivity index (χ2v) is 5.91. The highest BCUT2D eigenvalue weighted by Gasteiger charge is 2.37. The Kier molecular flexibility index (Phi) is 4.37. The lowest BCUT2D eigenvalue weighted by molar-refractivity contribution is -0.386. The zero-order valence-electron chi connectivity index (χ0n) is 12.9. The van der Waals surface area contributed by atoms with Crippen LogP contribution in [0.15, 0.2) is 18.2 Å². The van der Waals surface area contributed by atoms with Gasteiger partial charge in [0.15, 0.2) is 5.75 Å². The lowest BCUT2D eigenvalue weighted by atomic mass is 9.94. The van der Waals surface area contributed by atoms with E-state index in [2.05, 4.69) is 12.2 Å². The summed E-state index contributed by atoms with van der Waals surface area (Å²) in [7, 11) is 0. The van der Waals surface area contributed by atoms with Gasteiger partial charge in [0, 0.05) is 24.4 Å². The first-order valence-corrected chi connectivity index (χ1v) is 7.17. The molecule has 2 rings (SSSR count). The van der Waals surface area contributed by atoms with Crippen LogP contribution in [-0.2, 0) is 4.74 Å². The summed E-state index contributed by atoms with van der Waals surface area (Å²) in [5.74, 6) is 0.287. The molecule has 1 N–H and O–H groups in total. The van der Waals surface area contributed by atoms with Gasteiger partial charge in [-0.3, -0.25) is 10.1 Å². The third kappa shape index (κ3) is 3.44. The van der Waals surface area contributed by atoms with E-state index in [0.717, 1.165) is 12.1 Å². The third-order valence-electron chi connectivity index (χ3n) is 3.84. The maximum Gasteiger partial charge on any atom is 0.311 e. The van der Waals surface area contributed by atoms with Crippen molar-refractivity contribution in [2.75, 3.05) is 11.9 Å². The van der Waals surface area contributed by atoms with E-state index < -0.39 is 4.92 Å². The lowest BCUT2D eigenvalue weighted by Crippen LogP contribution is -2.41. The number of nitrogens with zero attached hydrogens (tertiary/aromatic N) is 1. The van der Waals surface area contributed by atoms with Crippen LogP contribution >= 0.6 is 0 Å². The van der Waals surface area contributed by atoms with Crippen molar-refractivity contribution < 1.29 is 14.4 Å². The summed E-state index contributed by atoms with van der Waals surface area (Å²) in [6.45, 7) is 8.52. The van der Waals surface area contributed by atoms with Crippen LogP contribution in [0.25, 0.3) is 0 Å². The minimum Gasteiger partial charge on any atom is -0.484 e. The summed E-state index contributed by atoms with van der Waals surface area (Å²) in [5, 5.41) is 14.5. The molecule has 116 valence electrons. The van der Waals surface area contributed by atoms with Crippen molar-refractivity contribution in [3.8, 4) is 5.75 Å². The third-order valence-corrected chi connectivity index (χ3v) is 3.84. The molecule has 0 aliphatic carbocycles. The largest absolute Gasteiger partial charge is 0.484 e. The molecule has 6 nitrogen and oxygen atoms in total. The van der Waals surface area contributed by atoms with Gasteiger partial charge in [-0.1, -0.05) is 0 Å². The number of hydrogen-bond acceptors (Lipinski definition) is 5. The molecular weight excluding hydrogens is 272 g/mol. The molecule has 0 amide bonds. The Balaban J connectivity index is 2.27. The van der Waals surface area contributed by atoms with Gasteiger partial charge in [-0.25, -0.2) is 0 Å². The van der Waals surface area contributed by atoms with Gasteiger partial charge in [0.1, 0.15) is 0 Å². The van der Waals surface area contributed by atoms with Crippen molar-refractivity contribution in [2.45, 2.75) is 51.9 Å². The van der Waals surface area contributed by atoms with E-state index in [1.165, 1.54) is 6.07 Å². The van der Waals surface area contributed by atoms with E-state index in [9.17, 15) is 10.1 Å². The summed E-state index contributed by atoms with van der Waals surface area (Å²) in [6.07, 6.45) is 0.858. The van der Waals surface area contributed by atoms with Crippen LogP contribution in [0, 0.1) is 10.1 Å². The molecule has 1 aliphatic heterocycles. The highest BCUT2D eigenvalue weighted by Crippen LogP contribution is 2.34. The highest BCUT2D eigenvalue weighted by atomic mass is 16.6. The number of nitro benzene ring substituents is 1. The molecule has 0 spiro atoms. The number of ether oxygens (including phenoxy) is 2. The van der Waals surface area contributed by atoms with Crippen molar-refractivity contribution in [3.63, 3.8) is 0 Å². The number of rotatable bonds is 5. The summed E-state index contributed by atoms with van der Waals surface area (Å²) < 4.78 is 11.2. The Labute approximate surface area is 124 Å². The minimum absolute atomic E-state index is 0.0184. The first kappa shape index (κ1) is 15.6. The van der Waals surface area contributed by atoms with Crippen LogP contribution in [-0.4, -0.2) is 29.3 Å². The van der Waals surface area contributed by atoms with Crippen LogP contribution in [0.2, 0.25) is 0 Å².